The smallest absolute Gasteiger partial charge is 0.387 e. The maximum atomic E-state index is 10.1. The lowest BCUT2D eigenvalue weighted by molar-refractivity contribution is -0.131. The van der Waals surface area contributed by atoms with E-state index in [4.69, 9.17) is 20.2 Å². The summed E-state index contributed by atoms with van der Waals surface area (Å²) in [6, 6.07) is 0. The van der Waals surface area contributed by atoms with Gasteiger partial charge in [0.05, 0.1) is 0 Å². The fraction of sp³-hybridized carbons (Fsp3) is 1.00. The van der Waals surface area contributed by atoms with Crippen LogP contribution in [0.4, 0.5) is 0 Å². The first-order valence-corrected chi connectivity index (χ1v) is 4.64. The number of rotatable bonds is 3. The van der Waals surface area contributed by atoms with E-state index >= 15 is 0 Å². The van der Waals surface area contributed by atoms with Crippen LogP contribution in [0.5, 0.6) is 0 Å². The van der Waals surface area contributed by atoms with Gasteiger partial charge in [0.1, 0.15) is 24.9 Å². The van der Waals surface area contributed by atoms with Gasteiger partial charge in [-0.2, -0.15) is 0 Å². The summed E-state index contributed by atoms with van der Waals surface area (Å²) in [4.78, 5) is 8.26. The molecule has 0 aromatic rings. The zero-order valence-electron chi connectivity index (χ0n) is 6.48. The molecule has 13 heavy (non-hydrogen) atoms. The molecule has 1 saturated heterocycles. The van der Waals surface area contributed by atoms with Crippen molar-refractivity contribution in [1.29, 1.82) is 0 Å². The van der Waals surface area contributed by atoms with Gasteiger partial charge in [-0.1, -0.05) is 0 Å². The quantitative estimate of drug-likeness (QED) is 0.404. The first kappa shape index (κ1) is 10.9. The lowest BCUT2D eigenvalue weighted by Gasteiger charge is -2.09. The van der Waals surface area contributed by atoms with Gasteiger partial charge in [-0.3, -0.25) is 0 Å². The maximum Gasteiger partial charge on any atom is 0.694 e. The fourth-order valence-electron chi connectivity index (χ4n) is 1.00. The van der Waals surface area contributed by atoms with E-state index in [2.05, 4.69) is 9.26 Å². The molecule has 5 atom stereocenters. The molecule has 0 aromatic heterocycles. The highest BCUT2D eigenvalue weighted by atomic mass is 31.1. The third-order valence-corrected chi connectivity index (χ3v) is 2.06. The molecule has 0 aliphatic carbocycles. The van der Waals surface area contributed by atoms with Crippen LogP contribution in [-0.4, -0.2) is 51.4 Å². The molecular weight excluding hydrogens is 203 g/mol. The van der Waals surface area contributed by atoms with E-state index in [1.807, 2.05) is 0 Å². The lowest BCUT2D eigenvalue weighted by Crippen LogP contribution is -2.33. The molecule has 1 aliphatic heterocycles. The van der Waals surface area contributed by atoms with Crippen LogP contribution in [0.15, 0.2) is 0 Å². The predicted molar refractivity (Wildman–Crippen MR) is 38.7 cm³/mol. The minimum atomic E-state index is -2.77. The van der Waals surface area contributed by atoms with Gasteiger partial charge in [-0.25, -0.2) is 0 Å². The van der Waals surface area contributed by atoms with Crippen molar-refractivity contribution in [3.05, 3.63) is 0 Å². The van der Waals surface area contributed by atoms with Gasteiger partial charge in [0.25, 0.3) is 0 Å². The zero-order chi connectivity index (χ0) is 10.0. The van der Waals surface area contributed by atoms with Crippen molar-refractivity contribution in [2.45, 2.75) is 24.6 Å². The molecule has 76 valence electrons. The highest BCUT2D eigenvalue weighted by Crippen LogP contribution is 2.23. The Labute approximate surface area is 74.5 Å². The summed E-state index contributed by atoms with van der Waals surface area (Å²) in [5, 5.41) is 27.0. The average Bonchev–Trinajstić information content (AvgIpc) is 2.29. The predicted octanol–water partition coefficient (Wildman–Crippen LogP) is -1.91. The third-order valence-electron chi connectivity index (χ3n) is 1.69. The molecule has 1 fully saturated rings. The Morgan fingerprint density at radius 3 is 2.31 bits per heavy atom. The molecular formula is C5H10O7P+. The van der Waals surface area contributed by atoms with Crippen molar-refractivity contribution in [2.24, 2.45) is 0 Å². The van der Waals surface area contributed by atoms with Crippen LogP contribution in [0.3, 0.4) is 0 Å². The van der Waals surface area contributed by atoms with Gasteiger partial charge in [-0.15, -0.1) is 9.42 Å². The van der Waals surface area contributed by atoms with Gasteiger partial charge >= 0.3 is 8.25 Å². The van der Waals surface area contributed by atoms with Crippen LogP contribution < -0.4 is 0 Å². The van der Waals surface area contributed by atoms with Crippen molar-refractivity contribution >= 4 is 8.25 Å². The molecule has 0 radical (unpaired) electrons. The molecule has 1 heterocycles. The number of hydrogen-bond donors (Lipinski definition) is 4. The van der Waals surface area contributed by atoms with E-state index < -0.39 is 32.9 Å². The Hall–Kier alpha value is -0.140. The third kappa shape index (κ3) is 2.65. The van der Waals surface area contributed by atoms with E-state index in [9.17, 15) is 4.57 Å². The van der Waals surface area contributed by atoms with E-state index in [0.717, 1.165) is 0 Å². The monoisotopic (exact) mass is 213 g/mol. The largest absolute Gasteiger partial charge is 0.694 e. The van der Waals surface area contributed by atoms with Crippen LogP contribution >= 0.6 is 8.25 Å². The highest BCUT2D eigenvalue weighted by molar-refractivity contribution is 7.32. The summed E-state index contributed by atoms with van der Waals surface area (Å²) in [7, 11) is -2.77. The average molecular weight is 213 g/mol. The maximum absolute atomic E-state index is 10.1. The van der Waals surface area contributed by atoms with E-state index in [1.165, 1.54) is 0 Å². The molecule has 8 heteroatoms. The number of aliphatic hydroxyl groups excluding tert-OH is 3. The van der Waals surface area contributed by atoms with Crippen molar-refractivity contribution < 1.29 is 34.0 Å². The minimum Gasteiger partial charge on any atom is -0.387 e. The molecule has 0 spiro atoms. The molecule has 4 N–H and O–H groups in total. The van der Waals surface area contributed by atoms with Gasteiger partial charge in [0.2, 0.25) is 0 Å². The first-order chi connectivity index (χ1) is 6.02. The number of ether oxygens (including phenoxy) is 1. The number of hydrogen-bond acceptors (Lipinski definition) is 6. The molecule has 1 rings (SSSR count). The second kappa shape index (κ2) is 4.39. The Morgan fingerprint density at radius 1 is 1.31 bits per heavy atom. The molecule has 0 bridgehead atoms. The second-order valence-electron chi connectivity index (χ2n) is 2.58. The van der Waals surface area contributed by atoms with Crippen LogP contribution in [0, 0.1) is 0 Å². The molecule has 0 saturated carbocycles. The summed E-state index contributed by atoms with van der Waals surface area (Å²) < 4.78 is 19.0. The topological polar surface area (TPSA) is 116 Å². The second-order valence-corrected chi connectivity index (χ2v) is 3.31. The Balaban J connectivity index is 2.40. The normalized spacial score (nSPS) is 40.8. The van der Waals surface area contributed by atoms with Crippen molar-refractivity contribution in [2.75, 3.05) is 6.61 Å². The summed E-state index contributed by atoms with van der Waals surface area (Å²) in [6.07, 6.45) is -5.20. The van der Waals surface area contributed by atoms with Crippen molar-refractivity contribution in [3.63, 3.8) is 0 Å². The SMILES string of the molecule is O=[P+](O)OC[C@H]1O[C@@H](O)[C@H](O)[C@@H]1O. The van der Waals surface area contributed by atoms with Crippen LogP contribution in [0.1, 0.15) is 0 Å². The van der Waals surface area contributed by atoms with Crippen molar-refractivity contribution in [3.8, 4) is 0 Å². The molecule has 7 nitrogen and oxygen atoms in total. The summed E-state index contributed by atoms with van der Waals surface area (Å²) in [5.41, 5.74) is 0. The van der Waals surface area contributed by atoms with Gasteiger partial charge in [-0.05, 0) is 0 Å². The van der Waals surface area contributed by atoms with E-state index in [0.29, 0.717) is 0 Å². The Kier molecular flexibility index (Phi) is 3.69. The van der Waals surface area contributed by atoms with Gasteiger partial charge in [0, 0.05) is 4.57 Å². The Bertz CT molecular complexity index is 197. The first-order valence-electron chi connectivity index (χ1n) is 3.51. The summed E-state index contributed by atoms with van der Waals surface area (Å²) >= 11 is 0. The molecule has 0 amide bonds. The molecule has 1 aliphatic rings. The number of aliphatic hydroxyl groups is 3. The summed E-state index contributed by atoms with van der Waals surface area (Å²) in [5.74, 6) is 0. The van der Waals surface area contributed by atoms with Crippen LogP contribution in [0.2, 0.25) is 0 Å². The lowest BCUT2D eigenvalue weighted by atomic mass is 10.1. The zero-order valence-corrected chi connectivity index (χ0v) is 7.37. The fourth-order valence-corrected chi connectivity index (χ4v) is 1.28. The van der Waals surface area contributed by atoms with Crippen LogP contribution in [0.25, 0.3) is 0 Å². The van der Waals surface area contributed by atoms with Crippen molar-refractivity contribution in [1.82, 2.24) is 0 Å². The summed E-state index contributed by atoms with van der Waals surface area (Å²) in [6.45, 7) is -0.360. The standard InChI is InChI=1S/C5H9O7P/c6-3-2(1-11-13(9)10)12-5(8)4(3)7/h2-8H,1H2/p+1/t2-,3-,4-,5-/m1/s1. The highest BCUT2D eigenvalue weighted by Gasteiger charge is 2.43. The van der Waals surface area contributed by atoms with E-state index in [1.54, 1.807) is 0 Å². The minimum absolute atomic E-state index is 0.360. The molecule has 1 unspecified atom stereocenters. The van der Waals surface area contributed by atoms with E-state index in [-0.39, 0.29) is 6.61 Å². The van der Waals surface area contributed by atoms with Crippen LogP contribution in [-0.2, 0) is 13.8 Å². The van der Waals surface area contributed by atoms with Gasteiger partial charge < -0.3 is 20.1 Å². The Morgan fingerprint density at radius 2 is 1.92 bits per heavy atom. The molecule has 0 aromatic carbocycles. The van der Waals surface area contributed by atoms with Gasteiger partial charge in [0.15, 0.2) is 6.29 Å².